The number of rotatable bonds is 13. The number of nitrogens with zero attached hydrogens (tertiary/aromatic N) is 1. The molecule has 0 aromatic heterocycles. The second-order valence-corrected chi connectivity index (χ2v) is 16.2. The average Bonchev–Trinajstić information content (AvgIpc) is 3.47. The first kappa shape index (κ1) is 48.8. The van der Waals surface area contributed by atoms with Crippen molar-refractivity contribution in [2.24, 2.45) is 5.92 Å². The van der Waals surface area contributed by atoms with Crippen LogP contribution in [-0.4, -0.2) is 116 Å². The molecule has 0 unspecified atom stereocenters. The molecule has 0 saturated carbocycles. The number of carbonyl (C=O) groups excluding carboxylic acids is 3. The monoisotopic (exact) mass is 870 g/mol. The quantitative estimate of drug-likeness (QED) is 0.0870. The van der Waals surface area contributed by atoms with Gasteiger partial charge in [-0.25, -0.2) is 0 Å². The summed E-state index contributed by atoms with van der Waals surface area (Å²) >= 11 is 25.3. The number of carboxylic acid groups (broad SMARTS) is 1. The Labute approximate surface area is 345 Å². The first-order valence-electron chi connectivity index (χ1n) is 17.5. The van der Waals surface area contributed by atoms with Crippen molar-refractivity contribution in [2.75, 3.05) is 19.8 Å². The molecular formula is C37H50Cl4N2O11S. The molecule has 4 rings (SSSR count). The van der Waals surface area contributed by atoms with E-state index in [1.54, 1.807) is 31.4 Å². The fraction of sp³-hybridized carbons (Fsp3) is 0.568. The van der Waals surface area contributed by atoms with Crippen LogP contribution in [0.15, 0.2) is 36.4 Å². The van der Waals surface area contributed by atoms with E-state index in [4.69, 9.17) is 65.7 Å². The number of carbonyl (C=O) groups is 4. The van der Waals surface area contributed by atoms with E-state index in [1.807, 2.05) is 11.9 Å². The van der Waals surface area contributed by atoms with E-state index in [2.05, 4.69) is 12.2 Å². The SMILES string of the molecule is CC(C)=O.CCC[C@@H]1C[C@@H](C(=O)N[C@@H]([C@H]2O[C@H](SC)[C@H](O)[C@@H](O)[C@H]2O)[C@H](C)Cl)N(C)C1.O=C(O)CCC(=O)Oc1cc(Cl)ccc1Oc1ccc(Cl)cc1Cl. The number of aliphatic hydroxyl groups excluding tert-OH is 3. The summed E-state index contributed by atoms with van der Waals surface area (Å²) in [7, 11) is 1.94. The fourth-order valence-electron chi connectivity index (χ4n) is 5.82. The molecule has 0 bridgehead atoms. The fourth-order valence-corrected chi connectivity index (χ4v) is 7.31. The standard InChI is InChI=1S/C18H33ClN2O5S.C16H11Cl3O5.C3H6O/c1-5-6-10-7-11(21(3)8-10)17(25)20-12(9(2)19)16-14(23)13(22)15(24)18(26-16)27-4;17-9-1-3-12(11(19)7-9)23-13-4-2-10(18)8-14(13)24-16(22)6-5-15(20)21;1-3(2)4/h9-16,18,22-24H,5-8H2,1-4H3,(H,20,25);1-4,7-8H,5-6H2,(H,20,21);1-2H3/t9-,10+,11-,12+,13-,14+,15+,16+,18+;;/m0../s1. The molecule has 2 aromatic rings. The molecule has 2 aromatic carbocycles. The number of benzene rings is 2. The molecule has 308 valence electrons. The number of thioether (sulfide) groups is 1. The minimum absolute atomic E-state index is 0.0592. The van der Waals surface area contributed by atoms with Crippen molar-refractivity contribution < 1.29 is 53.8 Å². The maximum absolute atomic E-state index is 12.9. The number of ketones is 1. The van der Waals surface area contributed by atoms with Crippen LogP contribution in [0.25, 0.3) is 0 Å². The van der Waals surface area contributed by atoms with Crippen LogP contribution in [0.4, 0.5) is 0 Å². The summed E-state index contributed by atoms with van der Waals surface area (Å²) in [6, 6.07) is 8.18. The molecule has 5 N–H and O–H groups in total. The summed E-state index contributed by atoms with van der Waals surface area (Å²) in [5.41, 5.74) is -0.702. The largest absolute Gasteiger partial charge is 0.481 e. The number of aliphatic carboxylic acids is 1. The molecule has 2 aliphatic heterocycles. The lowest BCUT2D eigenvalue weighted by Crippen LogP contribution is -2.65. The highest BCUT2D eigenvalue weighted by atomic mass is 35.5. The van der Waals surface area contributed by atoms with Crippen LogP contribution >= 0.6 is 58.2 Å². The number of esters is 1. The van der Waals surface area contributed by atoms with Crippen molar-refractivity contribution in [3.63, 3.8) is 0 Å². The van der Waals surface area contributed by atoms with E-state index < -0.39 is 53.2 Å². The van der Waals surface area contributed by atoms with Gasteiger partial charge in [0.2, 0.25) is 5.91 Å². The van der Waals surface area contributed by atoms with Gasteiger partial charge >= 0.3 is 11.9 Å². The first-order chi connectivity index (χ1) is 25.8. The first-order valence-corrected chi connectivity index (χ1v) is 20.3. The normalized spacial score (nSPS) is 24.6. The summed E-state index contributed by atoms with van der Waals surface area (Å²) in [6.07, 6.45) is -0.707. The average molecular weight is 873 g/mol. The van der Waals surface area contributed by atoms with Crippen LogP contribution in [0.5, 0.6) is 17.2 Å². The number of Topliss-reactive ketones (excluding diaryl/α,β-unsaturated/α-hetero) is 1. The highest BCUT2D eigenvalue weighted by Crippen LogP contribution is 2.38. The molecular weight excluding hydrogens is 822 g/mol. The zero-order chi connectivity index (χ0) is 41.6. The van der Waals surface area contributed by atoms with Crippen LogP contribution in [0, 0.1) is 5.92 Å². The summed E-state index contributed by atoms with van der Waals surface area (Å²) < 4.78 is 16.6. The maximum Gasteiger partial charge on any atom is 0.311 e. The van der Waals surface area contributed by atoms with Gasteiger partial charge in [-0.2, -0.15) is 0 Å². The zero-order valence-electron chi connectivity index (χ0n) is 31.4. The van der Waals surface area contributed by atoms with Gasteiger partial charge in [0.05, 0.1) is 35.3 Å². The van der Waals surface area contributed by atoms with E-state index in [0.29, 0.717) is 21.7 Å². The Bertz CT molecular complexity index is 1580. The number of halogens is 4. The maximum atomic E-state index is 12.9. The van der Waals surface area contributed by atoms with E-state index in [1.165, 1.54) is 43.8 Å². The smallest absolute Gasteiger partial charge is 0.311 e. The molecule has 0 radical (unpaired) electrons. The minimum atomic E-state index is -1.36. The van der Waals surface area contributed by atoms with Crippen molar-refractivity contribution in [1.82, 2.24) is 10.2 Å². The van der Waals surface area contributed by atoms with Crippen molar-refractivity contribution in [3.8, 4) is 17.2 Å². The van der Waals surface area contributed by atoms with E-state index in [0.717, 1.165) is 25.8 Å². The molecule has 1 amide bonds. The molecule has 2 saturated heterocycles. The topological polar surface area (TPSA) is 192 Å². The van der Waals surface area contributed by atoms with Gasteiger partial charge in [-0.15, -0.1) is 23.4 Å². The van der Waals surface area contributed by atoms with Crippen molar-refractivity contribution in [1.29, 1.82) is 0 Å². The zero-order valence-corrected chi connectivity index (χ0v) is 35.3. The molecule has 2 aliphatic rings. The lowest BCUT2D eigenvalue weighted by molar-refractivity contribution is -0.205. The number of amides is 1. The number of carboxylic acids is 1. The number of aliphatic hydroxyl groups is 3. The van der Waals surface area contributed by atoms with Crippen molar-refractivity contribution >= 4 is 81.8 Å². The van der Waals surface area contributed by atoms with Gasteiger partial charge in [0.1, 0.15) is 41.4 Å². The van der Waals surface area contributed by atoms with Gasteiger partial charge in [-0.1, -0.05) is 48.1 Å². The highest BCUT2D eigenvalue weighted by molar-refractivity contribution is 7.99. The molecule has 0 aliphatic carbocycles. The molecule has 2 fully saturated rings. The Balaban J connectivity index is 0.000000348. The molecule has 55 heavy (non-hydrogen) atoms. The third kappa shape index (κ3) is 15.8. The number of hydrogen-bond donors (Lipinski definition) is 5. The second kappa shape index (κ2) is 23.8. The number of ether oxygens (including phenoxy) is 3. The summed E-state index contributed by atoms with van der Waals surface area (Å²) in [5, 5.41) is 42.7. The van der Waals surface area contributed by atoms with Crippen LogP contribution in [-0.2, 0) is 23.9 Å². The lowest BCUT2D eigenvalue weighted by Gasteiger charge is -2.44. The molecule has 13 nitrogen and oxygen atoms in total. The summed E-state index contributed by atoms with van der Waals surface area (Å²) in [6.45, 7) is 7.80. The second-order valence-electron chi connectivity index (χ2n) is 13.3. The third-order valence-electron chi connectivity index (χ3n) is 8.42. The minimum Gasteiger partial charge on any atom is -0.481 e. The number of likely N-dealkylation sites (N-methyl/N-ethyl adjacent to an activating group) is 1. The molecule has 2 heterocycles. The highest BCUT2D eigenvalue weighted by Gasteiger charge is 2.48. The Morgan fingerprint density at radius 1 is 0.964 bits per heavy atom. The molecule has 18 heteroatoms. The van der Waals surface area contributed by atoms with Gasteiger partial charge < -0.3 is 44.7 Å². The third-order valence-corrected chi connectivity index (χ3v) is 10.3. The van der Waals surface area contributed by atoms with Crippen molar-refractivity contribution in [2.45, 2.75) is 107 Å². The molecule has 0 spiro atoms. The Hall–Kier alpha value is -2.37. The molecule has 9 atom stereocenters. The predicted octanol–water partition coefficient (Wildman–Crippen LogP) is 6.19. The Kier molecular flexibility index (Phi) is 21.1. The van der Waals surface area contributed by atoms with Crippen molar-refractivity contribution in [3.05, 3.63) is 51.5 Å². The number of likely N-dealkylation sites (tertiary alicyclic amines) is 1. The van der Waals surface area contributed by atoms with E-state index >= 15 is 0 Å². The van der Waals surface area contributed by atoms with E-state index in [9.17, 15) is 34.5 Å². The van der Waals surface area contributed by atoms with Crippen LogP contribution in [0.3, 0.4) is 0 Å². The lowest BCUT2D eigenvalue weighted by atomic mass is 9.92. The predicted molar refractivity (Wildman–Crippen MR) is 214 cm³/mol. The van der Waals surface area contributed by atoms with E-state index in [-0.39, 0.29) is 47.1 Å². The van der Waals surface area contributed by atoms with Crippen LogP contribution in [0.2, 0.25) is 15.1 Å². The number of hydrogen-bond acceptors (Lipinski definition) is 12. The van der Waals surface area contributed by atoms with Gasteiger partial charge in [0.25, 0.3) is 0 Å². The van der Waals surface area contributed by atoms with Gasteiger partial charge in [0, 0.05) is 22.7 Å². The van der Waals surface area contributed by atoms with Gasteiger partial charge in [-0.05, 0) is 83.2 Å². The number of alkyl halides is 1. The number of nitrogens with one attached hydrogen (secondary N) is 1. The van der Waals surface area contributed by atoms with Crippen LogP contribution in [0.1, 0.15) is 59.8 Å². The summed E-state index contributed by atoms with van der Waals surface area (Å²) in [4.78, 5) is 46.6. The summed E-state index contributed by atoms with van der Waals surface area (Å²) in [5.74, 6) is -0.723. The van der Waals surface area contributed by atoms with Gasteiger partial charge in [-0.3, -0.25) is 19.3 Å². The van der Waals surface area contributed by atoms with Crippen LogP contribution < -0.4 is 14.8 Å². The van der Waals surface area contributed by atoms with Gasteiger partial charge in [0.15, 0.2) is 11.5 Å². The Morgan fingerprint density at radius 2 is 1.56 bits per heavy atom. The Morgan fingerprint density at radius 3 is 2.11 bits per heavy atom.